The molecule has 0 fully saturated rings. The fourth-order valence-electron chi connectivity index (χ4n) is 2.37. The van der Waals surface area contributed by atoms with Gasteiger partial charge in [0.05, 0.1) is 14.2 Å². The van der Waals surface area contributed by atoms with Gasteiger partial charge in [-0.2, -0.15) is 0 Å². The Labute approximate surface area is 159 Å². The molecule has 6 nitrogen and oxygen atoms in total. The second-order valence-corrected chi connectivity index (χ2v) is 6.14. The normalized spacial score (nSPS) is 10.7. The summed E-state index contributed by atoms with van der Waals surface area (Å²) in [4.78, 5) is 24.0. The zero-order valence-electron chi connectivity index (χ0n) is 15.9. The van der Waals surface area contributed by atoms with Gasteiger partial charge in [-0.25, -0.2) is 4.79 Å². The number of hydrogen-bond donors (Lipinski definition) is 2. The Balaban J connectivity index is 2.03. The van der Waals surface area contributed by atoms with Crippen LogP contribution in [-0.4, -0.2) is 32.1 Å². The third kappa shape index (κ3) is 5.88. The monoisotopic (exact) mass is 368 g/mol. The number of methoxy groups -OCH3 is 2. The van der Waals surface area contributed by atoms with Crippen LogP contribution in [0.2, 0.25) is 0 Å². The molecular formula is C21H24N2O4. The summed E-state index contributed by atoms with van der Waals surface area (Å²) >= 11 is 0. The first-order valence-electron chi connectivity index (χ1n) is 8.55. The second-order valence-electron chi connectivity index (χ2n) is 6.14. The molecule has 142 valence electrons. The lowest BCUT2D eigenvalue weighted by Crippen LogP contribution is -2.34. The van der Waals surface area contributed by atoms with Gasteiger partial charge in [0.1, 0.15) is 0 Å². The molecule has 6 heteroatoms. The van der Waals surface area contributed by atoms with Gasteiger partial charge in [-0.3, -0.25) is 4.79 Å². The topological polar surface area (TPSA) is 76.7 Å². The van der Waals surface area contributed by atoms with Gasteiger partial charge in [0, 0.05) is 17.3 Å². The summed E-state index contributed by atoms with van der Waals surface area (Å²) in [6, 6.07) is 11.9. The average molecular weight is 368 g/mol. The molecule has 0 aliphatic carbocycles. The first kappa shape index (κ1) is 20.0. The van der Waals surface area contributed by atoms with Crippen molar-refractivity contribution in [2.75, 3.05) is 19.5 Å². The van der Waals surface area contributed by atoms with E-state index in [1.54, 1.807) is 56.7 Å². The summed E-state index contributed by atoms with van der Waals surface area (Å²) < 4.78 is 10.4. The van der Waals surface area contributed by atoms with Gasteiger partial charge < -0.3 is 20.1 Å². The number of nitrogens with one attached hydrogen (secondary N) is 2. The van der Waals surface area contributed by atoms with Crippen LogP contribution in [0.15, 0.2) is 48.5 Å². The number of ketones is 1. The number of benzene rings is 2. The Hall–Kier alpha value is -3.28. The predicted molar refractivity (Wildman–Crippen MR) is 107 cm³/mol. The van der Waals surface area contributed by atoms with Crippen molar-refractivity contribution in [3.05, 3.63) is 59.7 Å². The number of anilines is 1. The van der Waals surface area contributed by atoms with E-state index in [2.05, 4.69) is 10.6 Å². The van der Waals surface area contributed by atoms with Crippen molar-refractivity contribution < 1.29 is 19.1 Å². The third-order valence-electron chi connectivity index (χ3n) is 3.68. The molecule has 2 amide bonds. The molecule has 0 radical (unpaired) electrons. The van der Waals surface area contributed by atoms with E-state index in [4.69, 9.17) is 9.47 Å². The molecule has 2 aromatic carbocycles. The molecule has 2 rings (SSSR count). The summed E-state index contributed by atoms with van der Waals surface area (Å²) in [5.74, 6) is 1.09. The molecule has 0 saturated heterocycles. The predicted octanol–water partition coefficient (Wildman–Crippen LogP) is 4.13. The van der Waals surface area contributed by atoms with Crippen molar-refractivity contribution in [2.24, 2.45) is 0 Å². The van der Waals surface area contributed by atoms with Crippen LogP contribution >= 0.6 is 0 Å². The highest BCUT2D eigenvalue weighted by Crippen LogP contribution is 2.28. The van der Waals surface area contributed by atoms with E-state index in [1.807, 2.05) is 19.9 Å². The molecule has 0 unspecified atom stereocenters. The molecule has 0 atom stereocenters. The molecule has 0 aromatic heterocycles. The van der Waals surface area contributed by atoms with E-state index in [1.165, 1.54) is 6.08 Å². The van der Waals surface area contributed by atoms with Crippen LogP contribution in [0.25, 0.3) is 6.08 Å². The smallest absolute Gasteiger partial charge is 0.319 e. The van der Waals surface area contributed by atoms with Gasteiger partial charge in [-0.1, -0.05) is 12.1 Å². The summed E-state index contributed by atoms with van der Waals surface area (Å²) in [7, 11) is 3.13. The Bertz CT molecular complexity index is 827. The zero-order chi connectivity index (χ0) is 19.8. The number of carbonyl (C=O) groups excluding carboxylic acids is 2. The minimum atomic E-state index is -0.280. The maximum Gasteiger partial charge on any atom is 0.319 e. The number of ether oxygens (including phenoxy) is 2. The van der Waals surface area contributed by atoms with E-state index in [0.29, 0.717) is 22.7 Å². The van der Waals surface area contributed by atoms with E-state index < -0.39 is 0 Å². The summed E-state index contributed by atoms with van der Waals surface area (Å²) in [5.41, 5.74) is 1.97. The molecule has 0 saturated carbocycles. The van der Waals surface area contributed by atoms with E-state index in [0.717, 1.165) is 5.56 Å². The molecule has 0 spiro atoms. The Morgan fingerprint density at radius 3 is 2.22 bits per heavy atom. The first-order valence-corrected chi connectivity index (χ1v) is 8.55. The highest BCUT2D eigenvalue weighted by atomic mass is 16.5. The second kappa shape index (κ2) is 9.43. The van der Waals surface area contributed by atoms with Crippen LogP contribution in [0.3, 0.4) is 0 Å². The van der Waals surface area contributed by atoms with Crippen LogP contribution in [0, 0.1) is 0 Å². The lowest BCUT2D eigenvalue weighted by molar-refractivity contribution is 0.104. The largest absolute Gasteiger partial charge is 0.493 e. The van der Waals surface area contributed by atoms with Crippen LogP contribution < -0.4 is 20.1 Å². The van der Waals surface area contributed by atoms with Gasteiger partial charge in [0.25, 0.3) is 0 Å². The summed E-state index contributed by atoms with van der Waals surface area (Å²) in [6.45, 7) is 3.76. The highest BCUT2D eigenvalue weighted by molar-refractivity contribution is 6.07. The summed E-state index contributed by atoms with van der Waals surface area (Å²) in [6.07, 6.45) is 3.21. The molecule has 27 heavy (non-hydrogen) atoms. The molecule has 0 heterocycles. The minimum absolute atomic E-state index is 0.0487. The minimum Gasteiger partial charge on any atom is -0.493 e. The standard InChI is InChI=1S/C21H24N2O4/c1-14(2)22-21(25)23-17-9-7-16(8-10-17)18(24)11-5-15-6-12-19(26-3)20(13-15)27-4/h5-14H,1-4H3,(H2,22,23,25)/b11-5+. The number of allylic oxidation sites excluding steroid dienone is 1. The van der Waals surface area contributed by atoms with E-state index in [-0.39, 0.29) is 17.9 Å². The van der Waals surface area contributed by atoms with Crippen molar-refractivity contribution in [1.82, 2.24) is 5.32 Å². The molecular weight excluding hydrogens is 344 g/mol. The molecule has 0 aliphatic heterocycles. The lowest BCUT2D eigenvalue weighted by atomic mass is 10.1. The molecule has 0 aliphatic rings. The third-order valence-corrected chi connectivity index (χ3v) is 3.68. The Kier molecular flexibility index (Phi) is 7.00. The quantitative estimate of drug-likeness (QED) is 0.569. The van der Waals surface area contributed by atoms with Crippen LogP contribution in [-0.2, 0) is 0 Å². The average Bonchev–Trinajstić information content (AvgIpc) is 2.65. The van der Waals surface area contributed by atoms with Crippen molar-refractivity contribution >= 4 is 23.6 Å². The van der Waals surface area contributed by atoms with Gasteiger partial charge in [0.2, 0.25) is 0 Å². The van der Waals surface area contributed by atoms with E-state index >= 15 is 0 Å². The Morgan fingerprint density at radius 2 is 1.63 bits per heavy atom. The van der Waals surface area contributed by atoms with Crippen molar-refractivity contribution in [2.45, 2.75) is 19.9 Å². The fraction of sp³-hybridized carbons (Fsp3) is 0.238. The van der Waals surface area contributed by atoms with Crippen molar-refractivity contribution in [3.63, 3.8) is 0 Å². The Morgan fingerprint density at radius 1 is 0.963 bits per heavy atom. The lowest BCUT2D eigenvalue weighted by Gasteiger charge is -2.10. The van der Waals surface area contributed by atoms with Crippen LogP contribution in [0.1, 0.15) is 29.8 Å². The zero-order valence-corrected chi connectivity index (χ0v) is 15.9. The van der Waals surface area contributed by atoms with Crippen molar-refractivity contribution in [1.29, 1.82) is 0 Å². The SMILES string of the molecule is COc1ccc(/C=C/C(=O)c2ccc(NC(=O)NC(C)C)cc2)cc1OC. The van der Waals surface area contributed by atoms with Crippen molar-refractivity contribution in [3.8, 4) is 11.5 Å². The van der Waals surface area contributed by atoms with Gasteiger partial charge >= 0.3 is 6.03 Å². The maximum atomic E-state index is 12.3. The van der Waals surface area contributed by atoms with Gasteiger partial charge in [-0.15, -0.1) is 0 Å². The van der Waals surface area contributed by atoms with Crippen LogP contribution in [0.4, 0.5) is 10.5 Å². The molecule has 2 N–H and O–H groups in total. The number of rotatable bonds is 7. The van der Waals surface area contributed by atoms with Gasteiger partial charge in [0.15, 0.2) is 17.3 Å². The number of hydrogen-bond acceptors (Lipinski definition) is 4. The van der Waals surface area contributed by atoms with E-state index in [9.17, 15) is 9.59 Å². The number of amides is 2. The highest BCUT2D eigenvalue weighted by Gasteiger charge is 2.06. The fourth-order valence-corrected chi connectivity index (χ4v) is 2.37. The molecule has 0 bridgehead atoms. The maximum absolute atomic E-state index is 12.3. The van der Waals surface area contributed by atoms with Gasteiger partial charge in [-0.05, 0) is 61.9 Å². The summed E-state index contributed by atoms with van der Waals surface area (Å²) in [5, 5.41) is 5.45. The molecule has 2 aromatic rings. The first-order chi connectivity index (χ1) is 12.9. The van der Waals surface area contributed by atoms with Crippen LogP contribution in [0.5, 0.6) is 11.5 Å². The number of urea groups is 1. The number of carbonyl (C=O) groups is 2.